The maximum atomic E-state index is 12.1. The molecular formula is C19H22N2O3. The zero-order valence-corrected chi connectivity index (χ0v) is 14.4. The molecule has 126 valence electrons. The molecule has 0 saturated heterocycles. The van der Waals surface area contributed by atoms with Crippen molar-refractivity contribution < 1.29 is 14.3 Å². The number of carbonyl (C=O) groups is 2. The van der Waals surface area contributed by atoms with Crippen molar-refractivity contribution in [3.63, 3.8) is 0 Å². The van der Waals surface area contributed by atoms with Gasteiger partial charge in [-0.1, -0.05) is 12.1 Å². The Labute approximate surface area is 142 Å². The highest BCUT2D eigenvalue weighted by atomic mass is 16.5. The summed E-state index contributed by atoms with van der Waals surface area (Å²) >= 11 is 0. The molecule has 0 aromatic heterocycles. The van der Waals surface area contributed by atoms with E-state index in [-0.39, 0.29) is 18.4 Å². The van der Waals surface area contributed by atoms with Crippen LogP contribution < -0.4 is 15.4 Å². The van der Waals surface area contributed by atoms with Crippen LogP contribution in [0.2, 0.25) is 0 Å². The Hall–Kier alpha value is -2.82. The Kier molecular flexibility index (Phi) is 5.58. The minimum absolute atomic E-state index is 0.0767. The molecule has 2 aromatic carbocycles. The number of aryl methyl sites for hydroxylation is 3. The Balaban J connectivity index is 2.00. The molecule has 0 spiro atoms. The summed E-state index contributed by atoms with van der Waals surface area (Å²) in [5, 5.41) is 5.50. The van der Waals surface area contributed by atoms with Crippen LogP contribution in [0.25, 0.3) is 0 Å². The van der Waals surface area contributed by atoms with Gasteiger partial charge in [0.1, 0.15) is 5.75 Å². The van der Waals surface area contributed by atoms with E-state index in [1.54, 1.807) is 12.1 Å². The molecule has 2 N–H and O–H groups in total. The molecule has 0 unspecified atom stereocenters. The van der Waals surface area contributed by atoms with E-state index in [2.05, 4.69) is 10.6 Å². The van der Waals surface area contributed by atoms with Crippen molar-refractivity contribution in [1.29, 1.82) is 0 Å². The summed E-state index contributed by atoms with van der Waals surface area (Å²) < 4.78 is 5.55. The molecule has 2 aromatic rings. The lowest BCUT2D eigenvalue weighted by Crippen LogP contribution is -2.21. The summed E-state index contributed by atoms with van der Waals surface area (Å²) in [5.41, 5.74) is 4.37. The first-order valence-corrected chi connectivity index (χ1v) is 7.72. The summed E-state index contributed by atoms with van der Waals surface area (Å²) in [6, 6.07) is 11.2. The van der Waals surface area contributed by atoms with Crippen molar-refractivity contribution in [1.82, 2.24) is 0 Å². The van der Waals surface area contributed by atoms with Crippen LogP contribution in [0.4, 0.5) is 11.4 Å². The zero-order chi connectivity index (χ0) is 17.7. The predicted molar refractivity (Wildman–Crippen MR) is 95.5 cm³/mol. The lowest BCUT2D eigenvalue weighted by Gasteiger charge is -2.12. The lowest BCUT2D eigenvalue weighted by atomic mass is 10.1. The molecule has 5 nitrogen and oxygen atoms in total. The summed E-state index contributed by atoms with van der Waals surface area (Å²) in [4.78, 5) is 23.2. The highest BCUT2D eigenvalue weighted by Gasteiger charge is 2.08. The van der Waals surface area contributed by atoms with E-state index in [1.807, 2.05) is 45.0 Å². The second-order valence-electron chi connectivity index (χ2n) is 5.87. The molecule has 0 aliphatic rings. The third-order valence-electron chi connectivity index (χ3n) is 3.40. The van der Waals surface area contributed by atoms with Gasteiger partial charge in [-0.3, -0.25) is 9.59 Å². The monoisotopic (exact) mass is 326 g/mol. The number of hydrogen-bond donors (Lipinski definition) is 2. The highest BCUT2D eigenvalue weighted by Crippen LogP contribution is 2.21. The van der Waals surface area contributed by atoms with E-state index in [9.17, 15) is 9.59 Å². The number of anilines is 2. The van der Waals surface area contributed by atoms with Gasteiger partial charge in [0.05, 0.1) is 0 Å². The SMILES string of the molecule is CC(=O)Nc1ccc(C)c(NC(=O)COc2cc(C)cc(C)c2)c1. The maximum Gasteiger partial charge on any atom is 0.262 e. The summed E-state index contributed by atoms with van der Waals surface area (Å²) in [6.45, 7) is 7.22. The van der Waals surface area contributed by atoms with Crippen molar-refractivity contribution in [2.45, 2.75) is 27.7 Å². The fourth-order valence-electron chi connectivity index (χ4n) is 2.39. The first-order chi connectivity index (χ1) is 11.3. The van der Waals surface area contributed by atoms with Crippen LogP contribution in [0, 0.1) is 20.8 Å². The van der Waals surface area contributed by atoms with E-state index in [0.29, 0.717) is 17.1 Å². The molecule has 0 radical (unpaired) electrons. The average molecular weight is 326 g/mol. The minimum Gasteiger partial charge on any atom is -0.484 e. The normalized spacial score (nSPS) is 10.2. The third-order valence-corrected chi connectivity index (χ3v) is 3.40. The Morgan fingerprint density at radius 2 is 1.62 bits per heavy atom. The summed E-state index contributed by atoms with van der Waals surface area (Å²) in [7, 11) is 0. The second-order valence-corrected chi connectivity index (χ2v) is 5.87. The number of carbonyl (C=O) groups excluding carboxylic acids is 2. The number of hydrogen-bond acceptors (Lipinski definition) is 3. The van der Waals surface area contributed by atoms with E-state index in [4.69, 9.17) is 4.74 Å². The predicted octanol–water partition coefficient (Wildman–Crippen LogP) is 3.59. The first-order valence-electron chi connectivity index (χ1n) is 7.72. The number of benzene rings is 2. The van der Waals surface area contributed by atoms with Crippen LogP contribution in [0.3, 0.4) is 0 Å². The van der Waals surface area contributed by atoms with Crippen LogP contribution in [0.15, 0.2) is 36.4 Å². The number of ether oxygens (including phenoxy) is 1. The number of amides is 2. The molecule has 0 fully saturated rings. The van der Waals surface area contributed by atoms with Gasteiger partial charge in [-0.05, 0) is 61.7 Å². The average Bonchev–Trinajstić information content (AvgIpc) is 2.47. The van der Waals surface area contributed by atoms with Gasteiger partial charge >= 0.3 is 0 Å². The second kappa shape index (κ2) is 7.64. The highest BCUT2D eigenvalue weighted by molar-refractivity contribution is 5.94. The third kappa shape index (κ3) is 5.12. The van der Waals surface area contributed by atoms with Gasteiger partial charge < -0.3 is 15.4 Å². The molecule has 2 amide bonds. The van der Waals surface area contributed by atoms with E-state index >= 15 is 0 Å². The molecule has 24 heavy (non-hydrogen) atoms. The Bertz CT molecular complexity index is 749. The van der Waals surface area contributed by atoms with Crippen LogP contribution in [0.1, 0.15) is 23.6 Å². The van der Waals surface area contributed by atoms with Gasteiger partial charge in [0.2, 0.25) is 5.91 Å². The van der Waals surface area contributed by atoms with Crippen molar-refractivity contribution in [3.8, 4) is 5.75 Å². The first kappa shape index (κ1) is 17.5. The molecule has 0 heterocycles. The van der Waals surface area contributed by atoms with Gasteiger partial charge in [-0.15, -0.1) is 0 Å². The molecule has 0 atom stereocenters. The van der Waals surface area contributed by atoms with Crippen LogP contribution in [-0.2, 0) is 9.59 Å². The van der Waals surface area contributed by atoms with Gasteiger partial charge in [-0.25, -0.2) is 0 Å². The van der Waals surface area contributed by atoms with E-state index in [0.717, 1.165) is 16.7 Å². The van der Waals surface area contributed by atoms with E-state index in [1.165, 1.54) is 6.92 Å². The van der Waals surface area contributed by atoms with Crippen molar-refractivity contribution in [3.05, 3.63) is 53.1 Å². The quantitative estimate of drug-likeness (QED) is 0.882. The number of nitrogens with one attached hydrogen (secondary N) is 2. The molecule has 0 bridgehead atoms. The van der Waals surface area contributed by atoms with Crippen molar-refractivity contribution >= 4 is 23.2 Å². The van der Waals surface area contributed by atoms with Crippen molar-refractivity contribution in [2.24, 2.45) is 0 Å². The van der Waals surface area contributed by atoms with Crippen LogP contribution in [0.5, 0.6) is 5.75 Å². The topological polar surface area (TPSA) is 67.4 Å². The largest absolute Gasteiger partial charge is 0.484 e. The Morgan fingerprint density at radius 3 is 2.25 bits per heavy atom. The van der Waals surface area contributed by atoms with Gasteiger partial charge in [-0.2, -0.15) is 0 Å². The molecule has 0 aliphatic heterocycles. The van der Waals surface area contributed by atoms with Gasteiger partial charge in [0.25, 0.3) is 5.91 Å². The molecule has 2 rings (SSSR count). The number of rotatable bonds is 5. The summed E-state index contributed by atoms with van der Waals surface area (Å²) in [6.07, 6.45) is 0. The minimum atomic E-state index is -0.253. The molecule has 0 aliphatic carbocycles. The van der Waals surface area contributed by atoms with Crippen molar-refractivity contribution in [2.75, 3.05) is 17.2 Å². The smallest absolute Gasteiger partial charge is 0.262 e. The molecule has 5 heteroatoms. The lowest BCUT2D eigenvalue weighted by molar-refractivity contribution is -0.118. The van der Waals surface area contributed by atoms with E-state index < -0.39 is 0 Å². The molecule has 0 saturated carbocycles. The molecular weight excluding hydrogens is 304 g/mol. The van der Waals surface area contributed by atoms with Crippen LogP contribution in [-0.4, -0.2) is 18.4 Å². The standard InChI is InChI=1S/C19H22N2O3/c1-12-7-13(2)9-17(8-12)24-11-19(23)21-18-10-16(20-15(4)22)6-5-14(18)3/h5-10H,11H2,1-4H3,(H,20,22)(H,21,23). The van der Waals surface area contributed by atoms with Gasteiger partial charge in [0, 0.05) is 18.3 Å². The fraction of sp³-hybridized carbons (Fsp3) is 0.263. The van der Waals surface area contributed by atoms with Gasteiger partial charge in [0.15, 0.2) is 6.61 Å². The zero-order valence-electron chi connectivity index (χ0n) is 14.4. The summed E-state index contributed by atoms with van der Waals surface area (Å²) in [5.74, 6) is 0.262. The Morgan fingerprint density at radius 1 is 0.958 bits per heavy atom. The fourth-order valence-corrected chi connectivity index (χ4v) is 2.39. The maximum absolute atomic E-state index is 12.1. The van der Waals surface area contributed by atoms with Crippen LogP contribution >= 0.6 is 0 Å².